The minimum atomic E-state index is -0.183. The fraction of sp³-hybridized carbons (Fsp3) is 0.565. The van der Waals surface area contributed by atoms with E-state index >= 15 is 0 Å². The molecule has 3 atom stereocenters. The van der Waals surface area contributed by atoms with E-state index in [-0.39, 0.29) is 17.7 Å². The van der Waals surface area contributed by atoms with Crippen LogP contribution in [0.4, 0.5) is 5.69 Å². The van der Waals surface area contributed by atoms with Gasteiger partial charge in [-0.15, -0.1) is 0 Å². The lowest BCUT2D eigenvalue weighted by Gasteiger charge is -2.37. The summed E-state index contributed by atoms with van der Waals surface area (Å²) in [5.74, 6) is 0.126. The summed E-state index contributed by atoms with van der Waals surface area (Å²) in [6.07, 6.45) is 7.35. The number of rotatable bonds is 2. The van der Waals surface area contributed by atoms with Gasteiger partial charge in [-0.25, -0.2) is 0 Å². The average molecular weight is 364 g/mol. The third kappa shape index (κ3) is 2.90. The summed E-state index contributed by atoms with van der Waals surface area (Å²) in [6, 6.07) is 6.89. The van der Waals surface area contributed by atoms with Gasteiger partial charge in [0.05, 0.1) is 5.92 Å². The van der Waals surface area contributed by atoms with Crippen molar-refractivity contribution in [2.45, 2.75) is 70.9 Å². The number of amides is 2. The predicted molar refractivity (Wildman–Crippen MR) is 106 cm³/mol. The number of fused-ring (bicyclic) bond motifs is 2. The van der Waals surface area contributed by atoms with Crippen molar-refractivity contribution in [1.82, 2.24) is 4.90 Å². The lowest BCUT2D eigenvalue weighted by Crippen LogP contribution is -2.47. The lowest BCUT2D eigenvalue weighted by atomic mass is 9.93. The largest absolute Gasteiger partial charge is 0.336 e. The van der Waals surface area contributed by atoms with E-state index in [0.29, 0.717) is 25.0 Å². The zero-order valence-corrected chi connectivity index (χ0v) is 16.3. The van der Waals surface area contributed by atoms with Crippen molar-refractivity contribution in [1.29, 1.82) is 0 Å². The molecule has 3 saturated heterocycles. The highest BCUT2D eigenvalue weighted by Crippen LogP contribution is 2.45. The maximum atomic E-state index is 13.3. The molecule has 4 heteroatoms. The van der Waals surface area contributed by atoms with E-state index in [0.717, 1.165) is 31.4 Å². The number of benzene rings is 1. The lowest BCUT2D eigenvalue weighted by molar-refractivity contribution is -0.139. The van der Waals surface area contributed by atoms with E-state index in [1.165, 1.54) is 24.0 Å². The quantitative estimate of drug-likeness (QED) is 0.747. The van der Waals surface area contributed by atoms with Gasteiger partial charge < -0.3 is 9.80 Å². The van der Waals surface area contributed by atoms with Crippen molar-refractivity contribution in [2.24, 2.45) is 5.92 Å². The number of carbonyl (C=O) groups excluding carboxylic acids is 2. The Morgan fingerprint density at radius 3 is 2.30 bits per heavy atom. The standard InChI is InChI=1S/C23H28N2O2/c1-14-3-6-19(9-15(14)2)24-13-18(12-22(24)26)23(27)25-20-7-8-21(25)11-17(10-20)16-4-5-16/h3,6,9,18,20-21H,4-5,7-8,10-13H2,1-2H3. The summed E-state index contributed by atoms with van der Waals surface area (Å²) < 4.78 is 0. The molecule has 0 radical (unpaired) electrons. The number of aryl methyl sites for hydroxylation is 2. The molecule has 0 N–H and O–H groups in total. The molecule has 5 rings (SSSR count). The Kier molecular flexibility index (Phi) is 3.92. The van der Waals surface area contributed by atoms with Gasteiger partial charge in [-0.2, -0.15) is 0 Å². The Morgan fingerprint density at radius 2 is 1.67 bits per heavy atom. The summed E-state index contributed by atoms with van der Waals surface area (Å²) in [5, 5.41) is 0. The van der Waals surface area contributed by atoms with Crippen LogP contribution in [-0.4, -0.2) is 35.3 Å². The molecule has 1 aromatic carbocycles. The highest BCUT2D eigenvalue weighted by Gasteiger charge is 2.46. The second-order valence-electron chi connectivity index (χ2n) is 8.92. The monoisotopic (exact) mass is 364 g/mol. The van der Waals surface area contributed by atoms with Gasteiger partial charge in [0.25, 0.3) is 0 Å². The number of carbonyl (C=O) groups is 2. The summed E-state index contributed by atoms with van der Waals surface area (Å²) in [6.45, 7) is 4.68. The topological polar surface area (TPSA) is 40.6 Å². The van der Waals surface area contributed by atoms with Gasteiger partial charge >= 0.3 is 0 Å². The van der Waals surface area contributed by atoms with Gasteiger partial charge in [-0.3, -0.25) is 9.59 Å². The van der Waals surface area contributed by atoms with Crippen LogP contribution in [0.15, 0.2) is 29.3 Å². The predicted octanol–water partition coefficient (Wildman–Crippen LogP) is 3.90. The maximum Gasteiger partial charge on any atom is 0.228 e. The molecular formula is C23H28N2O2. The minimum absolute atomic E-state index is 0.0850. The molecule has 4 nitrogen and oxygen atoms in total. The van der Waals surface area contributed by atoms with Crippen molar-refractivity contribution in [3.8, 4) is 0 Å². The van der Waals surface area contributed by atoms with E-state index in [2.05, 4.69) is 30.9 Å². The first-order valence-corrected chi connectivity index (χ1v) is 10.4. The molecule has 0 aromatic heterocycles. The van der Waals surface area contributed by atoms with E-state index < -0.39 is 0 Å². The molecule has 1 aliphatic carbocycles. The van der Waals surface area contributed by atoms with Crippen LogP contribution in [-0.2, 0) is 9.59 Å². The van der Waals surface area contributed by atoms with Gasteiger partial charge in [0, 0.05) is 30.7 Å². The third-order valence-corrected chi connectivity index (χ3v) is 7.11. The van der Waals surface area contributed by atoms with E-state index in [4.69, 9.17) is 0 Å². The summed E-state index contributed by atoms with van der Waals surface area (Å²) in [4.78, 5) is 30.0. The molecule has 2 amide bonds. The number of nitrogens with zero attached hydrogens (tertiary/aromatic N) is 2. The zero-order valence-electron chi connectivity index (χ0n) is 16.3. The molecule has 142 valence electrons. The molecule has 4 fully saturated rings. The van der Waals surface area contributed by atoms with E-state index in [9.17, 15) is 9.59 Å². The van der Waals surface area contributed by atoms with Gasteiger partial charge in [0.15, 0.2) is 0 Å². The molecule has 1 aromatic rings. The fourth-order valence-corrected chi connectivity index (χ4v) is 5.31. The molecule has 27 heavy (non-hydrogen) atoms. The molecule has 0 spiro atoms. The van der Waals surface area contributed by atoms with Gasteiger partial charge in [-0.05, 0) is 75.6 Å². The Morgan fingerprint density at radius 1 is 0.963 bits per heavy atom. The Balaban J connectivity index is 1.32. The van der Waals surface area contributed by atoms with Crippen molar-refractivity contribution in [3.05, 3.63) is 40.5 Å². The first-order valence-electron chi connectivity index (χ1n) is 10.4. The number of hydrogen-bond acceptors (Lipinski definition) is 2. The normalized spacial score (nSPS) is 29.7. The van der Waals surface area contributed by atoms with Crippen LogP contribution in [0, 0.1) is 19.8 Å². The molecule has 2 bridgehead atoms. The molecule has 3 unspecified atom stereocenters. The number of hydrogen-bond donors (Lipinski definition) is 0. The third-order valence-electron chi connectivity index (χ3n) is 7.11. The zero-order chi connectivity index (χ0) is 18.7. The Hall–Kier alpha value is -2.10. The number of piperidine rings is 1. The van der Waals surface area contributed by atoms with Crippen LogP contribution in [0.5, 0.6) is 0 Å². The van der Waals surface area contributed by atoms with Gasteiger partial charge in [0.1, 0.15) is 0 Å². The van der Waals surface area contributed by atoms with Gasteiger partial charge in [0.2, 0.25) is 11.8 Å². The van der Waals surface area contributed by atoms with Crippen LogP contribution >= 0.6 is 0 Å². The molecule has 1 saturated carbocycles. The Bertz CT molecular complexity index is 834. The van der Waals surface area contributed by atoms with Crippen LogP contribution < -0.4 is 4.90 Å². The van der Waals surface area contributed by atoms with Crippen LogP contribution in [0.3, 0.4) is 0 Å². The number of anilines is 1. The van der Waals surface area contributed by atoms with Gasteiger partial charge in [-0.1, -0.05) is 17.2 Å². The summed E-state index contributed by atoms with van der Waals surface area (Å²) >= 11 is 0. The van der Waals surface area contributed by atoms with E-state index in [1.54, 1.807) is 11.1 Å². The maximum absolute atomic E-state index is 13.3. The SMILES string of the molecule is Cc1ccc(N2CC(C(=O)N3C4CCC3CC(=C3CC3)C4)CC2=O)cc1C. The van der Waals surface area contributed by atoms with Crippen molar-refractivity contribution in [2.75, 3.05) is 11.4 Å². The second-order valence-corrected chi connectivity index (χ2v) is 8.92. The van der Waals surface area contributed by atoms with E-state index in [1.807, 2.05) is 11.0 Å². The summed E-state index contributed by atoms with van der Waals surface area (Å²) in [7, 11) is 0. The van der Waals surface area contributed by atoms with Crippen molar-refractivity contribution < 1.29 is 9.59 Å². The summed E-state index contributed by atoms with van der Waals surface area (Å²) in [5.41, 5.74) is 6.65. The molecule has 3 heterocycles. The first-order chi connectivity index (χ1) is 13.0. The smallest absolute Gasteiger partial charge is 0.228 e. The number of allylic oxidation sites excluding steroid dienone is 1. The Labute approximate surface area is 161 Å². The molecule has 3 aliphatic heterocycles. The minimum Gasteiger partial charge on any atom is -0.336 e. The average Bonchev–Trinajstić information content (AvgIpc) is 3.38. The highest BCUT2D eigenvalue weighted by atomic mass is 16.2. The van der Waals surface area contributed by atoms with Crippen LogP contribution in [0.25, 0.3) is 0 Å². The second kappa shape index (κ2) is 6.22. The van der Waals surface area contributed by atoms with Crippen LogP contribution in [0.1, 0.15) is 56.1 Å². The molecule has 4 aliphatic rings. The fourth-order valence-electron chi connectivity index (χ4n) is 5.31. The highest BCUT2D eigenvalue weighted by molar-refractivity contribution is 6.00. The van der Waals surface area contributed by atoms with Crippen molar-refractivity contribution >= 4 is 17.5 Å². The van der Waals surface area contributed by atoms with Crippen LogP contribution in [0.2, 0.25) is 0 Å². The van der Waals surface area contributed by atoms with Crippen molar-refractivity contribution in [3.63, 3.8) is 0 Å². The first kappa shape index (κ1) is 17.0. The molecular weight excluding hydrogens is 336 g/mol.